The van der Waals surface area contributed by atoms with Gasteiger partial charge in [-0.15, -0.1) is 0 Å². The number of hydrogen-bond donors (Lipinski definition) is 0. The molecule has 84 valence electrons. The molecule has 1 unspecified atom stereocenters. The third-order valence-electron chi connectivity index (χ3n) is 2.31. The molecule has 0 aliphatic carbocycles. The van der Waals surface area contributed by atoms with Crippen molar-refractivity contribution in [2.75, 3.05) is 6.54 Å². The van der Waals surface area contributed by atoms with Crippen LogP contribution in [-0.2, 0) is 11.0 Å². The summed E-state index contributed by atoms with van der Waals surface area (Å²) in [5.41, 5.74) is 0.128. The Morgan fingerprint density at radius 2 is 2.19 bits per heavy atom. The summed E-state index contributed by atoms with van der Waals surface area (Å²) in [6.45, 7) is 2.02. The van der Waals surface area contributed by atoms with Gasteiger partial charge in [-0.3, -0.25) is 19.2 Å². The minimum absolute atomic E-state index is 0.155. The number of carbonyl (C=O) groups excluding carboxylic acids is 1. The molecule has 1 heterocycles. The van der Waals surface area contributed by atoms with Gasteiger partial charge >= 0.3 is 0 Å². The summed E-state index contributed by atoms with van der Waals surface area (Å²) >= 11 is 0. The molecule has 0 bridgehead atoms. The highest BCUT2D eigenvalue weighted by Gasteiger charge is 2.34. The number of fused-ring (bicyclic) bond motifs is 1. The third kappa shape index (κ3) is 1.40. The van der Waals surface area contributed by atoms with Crippen LogP contribution in [0.3, 0.4) is 0 Å². The summed E-state index contributed by atoms with van der Waals surface area (Å²) in [4.78, 5) is 21.9. The molecule has 0 saturated heterocycles. The second-order valence-corrected chi connectivity index (χ2v) is 4.57. The average Bonchev–Trinajstić information content (AvgIpc) is 2.51. The second-order valence-electron chi connectivity index (χ2n) is 3.19. The monoisotopic (exact) mass is 240 g/mol. The van der Waals surface area contributed by atoms with E-state index in [0.29, 0.717) is 6.54 Å². The molecule has 1 aromatic rings. The van der Waals surface area contributed by atoms with Gasteiger partial charge in [0.15, 0.2) is 11.0 Å². The predicted octanol–water partition coefficient (Wildman–Crippen LogP) is 1.09. The van der Waals surface area contributed by atoms with Gasteiger partial charge in [0.25, 0.3) is 11.6 Å². The number of rotatable bonds is 2. The van der Waals surface area contributed by atoms with Crippen molar-refractivity contribution in [3.05, 3.63) is 33.9 Å². The zero-order valence-electron chi connectivity index (χ0n) is 8.37. The summed E-state index contributed by atoms with van der Waals surface area (Å²) in [5, 5.41) is 10.5. The number of benzene rings is 1. The lowest BCUT2D eigenvalue weighted by atomic mass is 10.2. The molecule has 0 saturated carbocycles. The molecule has 6 nitrogen and oxygen atoms in total. The number of amides is 1. The van der Waals surface area contributed by atoms with E-state index in [1.165, 1.54) is 22.5 Å². The molecule has 1 aliphatic heterocycles. The van der Waals surface area contributed by atoms with Crippen LogP contribution in [-0.4, -0.2) is 25.9 Å². The van der Waals surface area contributed by atoms with Crippen molar-refractivity contribution in [2.24, 2.45) is 0 Å². The normalized spacial score (nSPS) is 18.7. The van der Waals surface area contributed by atoms with Crippen molar-refractivity contribution in [3.63, 3.8) is 0 Å². The first-order chi connectivity index (χ1) is 7.56. The van der Waals surface area contributed by atoms with Crippen LogP contribution in [0.5, 0.6) is 0 Å². The lowest BCUT2D eigenvalue weighted by Crippen LogP contribution is -2.25. The largest absolute Gasteiger partial charge is 0.270 e. The van der Waals surface area contributed by atoms with Crippen molar-refractivity contribution < 1.29 is 13.9 Å². The first kappa shape index (κ1) is 10.7. The summed E-state index contributed by atoms with van der Waals surface area (Å²) in [6.07, 6.45) is 0. The summed E-state index contributed by atoms with van der Waals surface area (Å²) in [5.74, 6) is -0.342. The molecule has 0 aromatic heterocycles. The average molecular weight is 240 g/mol. The summed E-state index contributed by atoms with van der Waals surface area (Å²) in [7, 11) is -1.61. The standard InChI is InChI=1S/C9H8N2O4S/c1-2-10-9(12)7-4-3-6(11(13)14)5-8(7)16(10)15/h3-5H,2H2,1H3. The van der Waals surface area contributed by atoms with E-state index in [9.17, 15) is 19.1 Å². The maximum atomic E-state index is 11.8. The summed E-state index contributed by atoms with van der Waals surface area (Å²) in [6, 6.07) is 3.79. The fraction of sp³-hybridized carbons (Fsp3) is 0.222. The van der Waals surface area contributed by atoms with E-state index >= 15 is 0 Å². The Kier molecular flexibility index (Phi) is 2.47. The Morgan fingerprint density at radius 1 is 1.50 bits per heavy atom. The number of non-ortho nitro benzene ring substituents is 1. The molecule has 0 spiro atoms. The SMILES string of the molecule is CCN1C(=O)c2ccc([N+](=O)[O-])cc2S1=O. The van der Waals surface area contributed by atoms with Crippen LogP contribution in [0.1, 0.15) is 17.3 Å². The maximum absolute atomic E-state index is 11.8. The van der Waals surface area contributed by atoms with Gasteiger partial charge in [-0.2, -0.15) is 0 Å². The molecule has 0 N–H and O–H groups in total. The van der Waals surface area contributed by atoms with Gasteiger partial charge in [-0.1, -0.05) is 0 Å². The topological polar surface area (TPSA) is 80.5 Å². The van der Waals surface area contributed by atoms with Crippen molar-refractivity contribution in [1.29, 1.82) is 0 Å². The van der Waals surface area contributed by atoms with Gasteiger partial charge in [0, 0.05) is 18.7 Å². The quantitative estimate of drug-likeness (QED) is 0.572. The van der Waals surface area contributed by atoms with Crippen LogP contribution in [0.4, 0.5) is 5.69 Å². The fourth-order valence-electron chi connectivity index (χ4n) is 1.53. The van der Waals surface area contributed by atoms with E-state index in [0.717, 1.165) is 0 Å². The lowest BCUT2D eigenvalue weighted by molar-refractivity contribution is -0.385. The molecule has 0 fully saturated rings. The van der Waals surface area contributed by atoms with E-state index in [4.69, 9.17) is 0 Å². The maximum Gasteiger partial charge on any atom is 0.270 e. The zero-order valence-corrected chi connectivity index (χ0v) is 9.19. The van der Waals surface area contributed by atoms with E-state index in [1.807, 2.05) is 0 Å². The van der Waals surface area contributed by atoms with Crippen LogP contribution >= 0.6 is 0 Å². The van der Waals surface area contributed by atoms with Crippen LogP contribution in [0.2, 0.25) is 0 Å². The number of nitro groups is 1. The molecule has 0 radical (unpaired) electrons. The minimum Gasteiger partial charge on any atom is -0.268 e. The van der Waals surface area contributed by atoms with E-state index < -0.39 is 15.9 Å². The van der Waals surface area contributed by atoms with Gasteiger partial charge in [-0.05, 0) is 13.0 Å². The zero-order chi connectivity index (χ0) is 11.9. The van der Waals surface area contributed by atoms with Crippen molar-refractivity contribution in [3.8, 4) is 0 Å². The highest BCUT2D eigenvalue weighted by atomic mass is 32.2. The molecule has 1 aromatic carbocycles. The van der Waals surface area contributed by atoms with Crippen molar-refractivity contribution in [2.45, 2.75) is 11.8 Å². The molecule has 7 heteroatoms. The molecule has 1 amide bonds. The molecular weight excluding hydrogens is 232 g/mol. The lowest BCUT2D eigenvalue weighted by Gasteiger charge is -2.09. The number of carbonyl (C=O) groups is 1. The molecular formula is C9H8N2O4S. The van der Waals surface area contributed by atoms with Crippen LogP contribution < -0.4 is 0 Å². The fourth-order valence-corrected chi connectivity index (χ4v) is 2.82. The summed E-state index contributed by atoms with van der Waals surface area (Å²) < 4.78 is 13.0. The van der Waals surface area contributed by atoms with E-state index in [2.05, 4.69) is 0 Å². The van der Waals surface area contributed by atoms with Gasteiger partial charge < -0.3 is 0 Å². The Balaban J connectivity index is 2.56. The van der Waals surface area contributed by atoms with Crippen molar-refractivity contribution >= 4 is 22.6 Å². The first-order valence-electron chi connectivity index (χ1n) is 4.58. The van der Waals surface area contributed by atoms with Crippen LogP contribution in [0, 0.1) is 10.1 Å². The third-order valence-corrected chi connectivity index (χ3v) is 3.85. The molecule has 2 rings (SSSR count). The van der Waals surface area contributed by atoms with Crippen LogP contribution in [0.15, 0.2) is 23.1 Å². The Labute approximate surface area is 93.6 Å². The van der Waals surface area contributed by atoms with E-state index in [-0.39, 0.29) is 22.1 Å². The van der Waals surface area contributed by atoms with Gasteiger partial charge in [0.1, 0.15) is 0 Å². The van der Waals surface area contributed by atoms with E-state index in [1.54, 1.807) is 6.92 Å². The Morgan fingerprint density at radius 3 is 2.75 bits per heavy atom. The molecule has 1 atom stereocenters. The van der Waals surface area contributed by atoms with Crippen molar-refractivity contribution in [1.82, 2.24) is 4.31 Å². The molecule has 16 heavy (non-hydrogen) atoms. The Hall–Kier alpha value is -1.76. The molecule has 1 aliphatic rings. The second kappa shape index (κ2) is 3.67. The highest BCUT2D eigenvalue weighted by Crippen LogP contribution is 2.29. The highest BCUT2D eigenvalue weighted by molar-refractivity contribution is 7.84. The number of nitro benzene ring substituents is 1. The number of nitrogens with zero attached hydrogens (tertiary/aromatic N) is 2. The predicted molar refractivity (Wildman–Crippen MR) is 56.2 cm³/mol. The van der Waals surface area contributed by atoms with Crippen LogP contribution in [0.25, 0.3) is 0 Å². The number of hydrogen-bond acceptors (Lipinski definition) is 4. The van der Waals surface area contributed by atoms with Gasteiger partial charge in [-0.25, -0.2) is 4.21 Å². The minimum atomic E-state index is -1.61. The smallest absolute Gasteiger partial charge is 0.268 e. The van der Waals surface area contributed by atoms with Gasteiger partial charge in [0.05, 0.1) is 15.4 Å². The Bertz CT molecular complexity index is 514. The first-order valence-corrected chi connectivity index (χ1v) is 5.69. The van der Waals surface area contributed by atoms with Gasteiger partial charge in [0.2, 0.25) is 0 Å².